The topological polar surface area (TPSA) is 69.7 Å². The molecule has 3 rings (SSSR count). The monoisotopic (exact) mass is 393 g/mol. The molecule has 2 saturated heterocycles. The Balaban J connectivity index is 1.55. The summed E-state index contributed by atoms with van der Waals surface area (Å²) in [6.07, 6.45) is 5.12. The molecule has 2 fully saturated rings. The molecule has 1 aromatic rings. The summed E-state index contributed by atoms with van der Waals surface area (Å²) in [6, 6.07) is 4.39. The Morgan fingerprint density at radius 2 is 2.04 bits per heavy atom. The average Bonchev–Trinajstić information content (AvgIpc) is 3.19. The van der Waals surface area contributed by atoms with Gasteiger partial charge in [0.15, 0.2) is 0 Å². The van der Waals surface area contributed by atoms with E-state index in [0.29, 0.717) is 17.0 Å². The number of hydrogen-bond donors (Lipinski definition) is 1. The highest BCUT2D eigenvalue weighted by molar-refractivity contribution is 8.18. The molecule has 3 amide bonds. The van der Waals surface area contributed by atoms with Crippen molar-refractivity contribution in [1.82, 2.24) is 15.3 Å². The molecule has 0 aromatic carbocycles. The van der Waals surface area contributed by atoms with E-state index >= 15 is 0 Å². The van der Waals surface area contributed by atoms with E-state index in [1.54, 1.807) is 6.08 Å². The van der Waals surface area contributed by atoms with Crippen molar-refractivity contribution in [2.24, 2.45) is 0 Å². The summed E-state index contributed by atoms with van der Waals surface area (Å²) in [5.74, 6) is -0.479. The number of piperidine rings is 1. The van der Waals surface area contributed by atoms with Crippen molar-refractivity contribution in [2.45, 2.75) is 51.6 Å². The van der Waals surface area contributed by atoms with Gasteiger partial charge in [-0.2, -0.15) is 0 Å². The van der Waals surface area contributed by atoms with Crippen LogP contribution in [-0.4, -0.2) is 45.6 Å². The average molecular weight is 394 g/mol. The molecule has 2 atom stereocenters. The highest BCUT2D eigenvalue weighted by Crippen LogP contribution is 2.33. The second kappa shape index (κ2) is 8.37. The van der Waals surface area contributed by atoms with Gasteiger partial charge in [-0.05, 0) is 56.0 Å². The van der Waals surface area contributed by atoms with Gasteiger partial charge in [-0.1, -0.05) is 12.5 Å². The summed E-state index contributed by atoms with van der Waals surface area (Å²) < 4.78 is 0. The van der Waals surface area contributed by atoms with Crippen LogP contribution >= 0.6 is 23.1 Å². The number of hydrogen-bond acceptors (Lipinski definition) is 6. The highest BCUT2D eigenvalue weighted by Gasteiger charge is 2.35. The van der Waals surface area contributed by atoms with Crippen molar-refractivity contribution in [3.8, 4) is 0 Å². The Morgan fingerprint density at radius 3 is 2.69 bits per heavy atom. The molecule has 2 aliphatic heterocycles. The summed E-state index contributed by atoms with van der Waals surface area (Å²) >= 11 is 2.44. The third-order valence-corrected chi connectivity index (χ3v) is 6.43. The number of nitrogens with one attached hydrogen (secondary N) is 1. The van der Waals surface area contributed by atoms with Crippen molar-refractivity contribution in [3.63, 3.8) is 0 Å². The second-order valence-electron chi connectivity index (χ2n) is 6.67. The van der Waals surface area contributed by atoms with Gasteiger partial charge in [0.2, 0.25) is 5.91 Å². The maximum absolute atomic E-state index is 12.4. The zero-order chi connectivity index (χ0) is 18.7. The lowest BCUT2D eigenvalue weighted by atomic mass is 10.00. The van der Waals surface area contributed by atoms with Gasteiger partial charge in [-0.25, -0.2) is 5.01 Å². The summed E-state index contributed by atoms with van der Waals surface area (Å²) in [6.45, 7) is 4.30. The molecule has 140 valence electrons. The predicted molar refractivity (Wildman–Crippen MR) is 104 cm³/mol. The maximum Gasteiger partial charge on any atom is 0.293 e. The number of carbonyl (C=O) groups is 3. The number of nitrogens with zero attached hydrogens (tertiary/aromatic N) is 2. The van der Waals surface area contributed by atoms with Crippen molar-refractivity contribution in [3.05, 3.63) is 27.3 Å². The molecule has 0 radical (unpaired) electrons. The summed E-state index contributed by atoms with van der Waals surface area (Å²) in [5, 5.41) is 3.60. The third kappa shape index (κ3) is 4.36. The fraction of sp³-hybridized carbons (Fsp3) is 0.500. The first-order chi connectivity index (χ1) is 12.5. The number of thiophene rings is 1. The number of amides is 3. The van der Waals surface area contributed by atoms with E-state index < -0.39 is 0 Å². The third-order valence-electron chi connectivity index (χ3n) is 4.70. The minimum atomic E-state index is -0.319. The molecule has 0 bridgehead atoms. The Morgan fingerprint density at radius 1 is 1.31 bits per heavy atom. The van der Waals surface area contributed by atoms with E-state index in [4.69, 9.17) is 0 Å². The number of thioether (sulfide) groups is 1. The largest absolute Gasteiger partial charge is 0.293 e. The normalized spacial score (nSPS) is 25.9. The lowest BCUT2D eigenvalue weighted by Crippen LogP contribution is -2.54. The molecule has 3 heterocycles. The van der Waals surface area contributed by atoms with Crippen molar-refractivity contribution >= 4 is 46.2 Å². The van der Waals surface area contributed by atoms with E-state index in [1.807, 2.05) is 22.5 Å². The molecule has 26 heavy (non-hydrogen) atoms. The zero-order valence-electron chi connectivity index (χ0n) is 14.9. The Hall–Kier alpha value is -1.64. The van der Waals surface area contributed by atoms with Crippen LogP contribution in [0.3, 0.4) is 0 Å². The molecule has 0 saturated carbocycles. The van der Waals surface area contributed by atoms with Crippen LogP contribution in [0.2, 0.25) is 0 Å². The molecule has 6 nitrogen and oxygen atoms in total. The van der Waals surface area contributed by atoms with Crippen LogP contribution in [-0.2, 0) is 9.59 Å². The van der Waals surface area contributed by atoms with Gasteiger partial charge in [-0.15, -0.1) is 11.3 Å². The van der Waals surface area contributed by atoms with Crippen LogP contribution in [0.4, 0.5) is 4.79 Å². The van der Waals surface area contributed by atoms with Gasteiger partial charge >= 0.3 is 0 Å². The van der Waals surface area contributed by atoms with Crippen molar-refractivity contribution < 1.29 is 14.4 Å². The van der Waals surface area contributed by atoms with E-state index in [1.165, 1.54) is 17.8 Å². The van der Waals surface area contributed by atoms with E-state index in [2.05, 4.69) is 19.3 Å². The van der Waals surface area contributed by atoms with E-state index in [9.17, 15) is 14.4 Å². The molecule has 1 aromatic heterocycles. The van der Waals surface area contributed by atoms with Gasteiger partial charge in [0.05, 0.1) is 4.91 Å². The second-order valence-corrected chi connectivity index (χ2v) is 8.64. The lowest BCUT2D eigenvalue weighted by molar-refractivity contribution is -0.130. The smallest absolute Gasteiger partial charge is 0.288 e. The van der Waals surface area contributed by atoms with Gasteiger partial charge in [0.1, 0.15) is 0 Å². The summed E-state index contributed by atoms with van der Waals surface area (Å²) in [5.41, 5.74) is 2.94. The summed E-state index contributed by atoms with van der Waals surface area (Å²) in [4.78, 5) is 39.3. The van der Waals surface area contributed by atoms with Crippen molar-refractivity contribution in [1.29, 1.82) is 0 Å². The highest BCUT2D eigenvalue weighted by atomic mass is 32.2. The SMILES string of the molecule is CC1CCCC(C)N1NC(=O)CCN1C(=O)S/C(=C/c2cccs2)C1=O. The van der Waals surface area contributed by atoms with Gasteiger partial charge in [0.25, 0.3) is 11.1 Å². The first-order valence-corrected chi connectivity index (χ1v) is 10.5. The fourth-order valence-corrected chi connectivity index (χ4v) is 4.84. The maximum atomic E-state index is 12.4. The number of carbonyl (C=O) groups excluding carboxylic acids is 3. The van der Waals surface area contributed by atoms with Crippen LogP contribution in [0.5, 0.6) is 0 Å². The Kier molecular flexibility index (Phi) is 6.16. The zero-order valence-corrected chi connectivity index (χ0v) is 16.6. The number of hydrazine groups is 1. The minimum absolute atomic E-state index is 0.106. The molecule has 1 N–H and O–H groups in total. The standard InChI is InChI=1S/C18H23N3O3S2/c1-12-5-3-6-13(2)21(12)19-16(22)8-9-20-17(23)15(26-18(20)24)11-14-7-4-10-25-14/h4,7,10-13H,3,5-6,8-9H2,1-2H3,(H,19,22)/b15-11+. The predicted octanol–water partition coefficient (Wildman–Crippen LogP) is 3.47. The Labute approximate surface area is 161 Å². The first-order valence-electron chi connectivity index (χ1n) is 8.82. The number of imide groups is 1. The van der Waals surface area contributed by atoms with Gasteiger partial charge in [-0.3, -0.25) is 24.7 Å². The minimum Gasteiger partial charge on any atom is -0.288 e. The first kappa shape index (κ1) is 19.1. The quantitative estimate of drug-likeness (QED) is 0.776. The molecule has 0 spiro atoms. The van der Waals surface area contributed by atoms with Crippen LogP contribution < -0.4 is 5.43 Å². The Bertz CT molecular complexity index is 707. The molecule has 0 aliphatic carbocycles. The molecule has 8 heteroatoms. The molecular formula is C18H23N3O3S2. The van der Waals surface area contributed by atoms with Crippen molar-refractivity contribution in [2.75, 3.05) is 6.54 Å². The summed E-state index contributed by atoms with van der Waals surface area (Å²) in [7, 11) is 0. The van der Waals surface area contributed by atoms with Crippen LogP contribution in [0.25, 0.3) is 6.08 Å². The molecule has 2 aliphatic rings. The van der Waals surface area contributed by atoms with Gasteiger partial charge in [0, 0.05) is 29.9 Å². The van der Waals surface area contributed by atoms with Crippen LogP contribution in [0.1, 0.15) is 44.4 Å². The van der Waals surface area contributed by atoms with E-state index in [0.717, 1.165) is 34.4 Å². The lowest BCUT2D eigenvalue weighted by Gasteiger charge is -2.38. The fourth-order valence-electron chi connectivity index (χ4n) is 3.25. The molecular weight excluding hydrogens is 370 g/mol. The van der Waals surface area contributed by atoms with Crippen LogP contribution in [0, 0.1) is 0 Å². The van der Waals surface area contributed by atoms with Crippen LogP contribution in [0.15, 0.2) is 22.4 Å². The number of rotatable bonds is 5. The van der Waals surface area contributed by atoms with E-state index in [-0.39, 0.29) is 30.0 Å². The van der Waals surface area contributed by atoms with Gasteiger partial charge < -0.3 is 0 Å². The molecule has 2 unspecified atom stereocenters.